The molecule has 1 amide bonds. The molecule has 1 saturated carbocycles. The zero-order valence-electron chi connectivity index (χ0n) is 8.09. The van der Waals surface area contributed by atoms with Gasteiger partial charge in [-0.3, -0.25) is 4.79 Å². The Kier molecular flexibility index (Phi) is 3.17. The van der Waals surface area contributed by atoms with Crippen LogP contribution in [0.5, 0.6) is 0 Å². The standard InChI is InChI=1S/C11H11Cl2NO/c12-8-4-5-9(13)10(6-8)14-11(15)7-2-1-3-7/h4-7H,1-3H2,(H,14,15). The van der Waals surface area contributed by atoms with Crippen molar-refractivity contribution < 1.29 is 4.79 Å². The number of benzene rings is 1. The summed E-state index contributed by atoms with van der Waals surface area (Å²) < 4.78 is 0. The van der Waals surface area contributed by atoms with Gasteiger partial charge >= 0.3 is 0 Å². The molecule has 15 heavy (non-hydrogen) atoms. The van der Waals surface area contributed by atoms with Gasteiger partial charge in [-0.1, -0.05) is 29.6 Å². The van der Waals surface area contributed by atoms with Crippen LogP contribution >= 0.6 is 23.2 Å². The third-order valence-electron chi connectivity index (χ3n) is 2.66. The van der Waals surface area contributed by atoms with Gasteiger partial charge in [0.25, 0.3) is 0 Å². The molecule has 1 aromatic rings. The van der Waals surface area contributed by atoms with Crippen molar-refractivity contribution >= 4 is 34.8 Å². The Hall–Kier alpha value is -0.730. The monoisotopic (exact) mass is 243 g/mol. The van der Waals surface area contributed by atoms with Crippen molar-refractivity contribution in [2.24, 2.45) is 5.92 Å². The van der Waals surface area contributed by atoms with Gasteiger partial charge in [0.1, 0.15) is 0 Å². The minimum Gasteiger partial charge on any atom is -0.324 e. The Morgan fingerprint density at radius 3 is 2.67 bits per heavy atom. The Bertz CT molecular complexity index is 388. The van der Waals surface area contributed by atoms with E-state index in [9.17, 15) is 4.79 Å². The number of hydrogen-bond donors (Lipinski definition) is 1. The van der Waals surface area contributed by atoms with E-state index in [2.05, 4.69) is 5.32 Å². The lowest BCUT2D eigenvalue weighted by atomic mass is 9.85. The van der Waals surface area contributed by atoms with Crippen LogP contribution in [0.15, 0.2) is 18.2 Å². The second-order valence-electron chi connectivity index (χ2n) is 3.74. The maximum Gasteiger partial charge on any atom is 0.227 e. The SMILES string of the molecule is O=C(Nc1cc(Cl)ccc1Cl)C1CCC1. The van der Waals surface area contributed by atoms with E-state index in [1.807, 2.05) is 0 Å². The van der Waals surface area contributed by atoms with Gasteiger partial charge < -0.3 is 5.32 Å². The third kappa shape index (κ3) is 2.44. The van der Waals surface area contributed by atoms with Crippen LogP contribution in [0.25, 0.3) is 0 Å². The first-order valence-electron chi connectivity index (χ1n) is 4.93. The summed E-state index contributed by atoms with van der Waals surface area (Å²) in [6.07, 6.45) is 3.09. The summed E-state index contributed by atoms with van der Waals surface area (Å²) >= 11 is 11.8. The van der Waals surface area contributed by atoms with Crippen molar-refractivity contribution in [2.45, 2.75) is 19.3 Å². The molecule has 80 valence electrons. The van der Waals surface area contributed by atoms with Crippen LogP contribution in [-0.2, 0) is 4.79 Å². The molecule has 1 N–H and O–H groups in total. The van der Waals surface area contributed by atoms with Crippen molar-refractivity contribution in [3.63, 3.8) is 0 Å². The first kappa shape index (κ1) is 10.8. The van der Waals surface area contributed by atoms with Crippen LogP contribution in [0.1, 0.15) is 19.3 Å². The van der Waals surface area contributed by atoms with Crippen LogP contribution in [0.3, 0.4) is 0 Å². The van der Waals surface area contributed by atoms with E-state index < -0.39 is 0 Å². The van der Waals surface area contributed by atoms with Gasteiger partial charge in [0.2, 0.25) is 5.91 Å². The minimum atomic E-state index is 0.0467. The molecule has 0 spiro atoms. The largest absolute Gasteiger partial charge is 0.324 e. The van der Waals surface area contributed by atoms with E-state index in [-0.39, 0.29) is 11.8 Å². The molecule has 1 aliphatic rings. The van der Waals surface area contributed by atoms with E-state index in [0.29, 0.717) is 15.7 Å². The van der Waals surface area contributed by atoms with Crippen molar-refractivity contribution in [1.29, 1.82) is 0 Å². The van der Waals surface area contributed by atoms with Gasteiger partial charge in [0, 0.05) is 10.9 Å². The van der Waals surface area contributed by atoms with Gasteiger partial charge in [0.05, 0.1) is 10.7 Å². The summed E-state index contributed by atoms with van der Waals surface area (Å²) in [5.41, 5.74) is 0.598. The molecule has 0 heterocycles. The van der Waals surface area contributed by atoms with Gasteiger partial charge in [0.15, 0.2) is 0 Å². The Morgan fingerprint density at radius 2 is 2.07 bits per heavy atom. The molecule has 0 bridgehead atoms. The molecule has 1 aromatic carbocycles. The average molecular weight is 244 g/mol. The van der Waals surface area contributed by atoms with E-state index in [1.54, 1.807) is 18.2 Å². The molecule has 4 heteroatoms. The molecule has 2 nitrogen and oxygen atoms in total. The molecular weight excluding hydrogens is 233 g/mol. The average Bonchev–Trinajstić information content (AvgIpc) is 2.08. The second kappa shape index (κ2) is 4.42. The highest BCUT2D eigenvalue weighted by Gasteiger charge is 2.25. The predicted octanol–water partition coefficient (Wildman–Crippen LogP) is 3.73. The van der Waals surface area contributed by atoms with Crippen molar-refractivity contribution in [2.75, 3.05) is 5.32 Å². The van der Waals surface area contributed by atoms with E-state index in [1.165, 1.54) is 0 Å². The summed E-state index contributed by atoms with van der Waals surface area (Å²) in [5, 5.41) is 3.89. The van der Waals surface area contributed by atoms with Crippen LogP contribution in [0, 0.1) is 5.92 Å². The van der Waals surface area contributed by atoms with Crippen LogP contribution < -0.4 is 5.32 Å². The molecule has 0 saturated heterocycles. The lowest BCUT2D eigenvalue weighted by Crippen LogP contribution is -2.28. The Labute approximate surface area is 98.6 Å². The maximum atomic E-state index is 11.6. The minimum absolute atomic E-state index is 0.0467. The highest BCUT2D eigenvalue weighted by Crippen LogP contribution is 2.30. The zero-order valence-corrected chi connectivity index (χ0v) is 9.61. The number of anilines is 1. The highest BCUT2D eigenvalue weighted by molar-refractivity contribution is 6.35. The van der Waals surface area contributed by atoms with Crippen molar-refractivity contribution in [3.05, 3.63) is 28.2 Å². The highest BCUT2D eigenvalue weighted by atomic mass is 35.5. The van der Waals surface area contributed by atoms with Gasteiger partial charge in [-0.15, -0.1) is 0 Å². The van der Waals surface area contributed by atoms with Crippen LogP contribution in [0.4, 0.5) is 5.69 Å². The van der Waals surface area contributed by atoms with E-state index in [0.717, 1.165) is 19.3 Å². The zero-order chi connectivity index (χ0) is 10.8. The van der Waals surface area contributed by atoms with E-state index >= 15 is 0 Å². The first-order valence-corrected chi connectivity index (χ1v) is 5.68. The third-order valence-corrected chi connectivity index (χ3v) is 3.23. The molecule has 0 aliphatic heterocycles. The molecule has 1 fully saturated rings. The van der Waals surface area contributed by atoms with Gasteiger partial charge in [-0.25, -0.2) is 0 Å². The number of halogens is 2. The lowest BCUT2D eigenvalue weighted by molar-refractivity contribution is -0.122. The fraction of sp³-hybridized carbons (Fsp3) is 0.364. The summed E-state index contributed by atoms with van der Waals surface area (Å²) in [4.78, 5) is 11.6. The normalized spacial score (nSPS) is 15.9. The molecule has 0 unspecified atom stereocenters. The second-order valence-corrected chi connectivity index (χ2v) is 4.58. The summed E-state index contributed by atoms with van der Waals surface area (Å²) in [7, 11) is 0. The van der Waals surface area contributed by atoms with Crippen LogP contribution in [-0.4, -0.2) is 5.91 Å². The van der Waals surface area contributed by atoms with Crippen molar-refractivity contribution in [1.82, 2.24) is 0 Å². The number of nitrogens with one attached hydrogen (secondary N) is 1. The number of carbonyl (C=O) groups excluding carboxylic acids is 1. The lowest BCUT2D eigenvalue weighted by Gasteiger charge is -2.24. The molecule has 0 aromatic heterocycles. The van der Waals surface area contributed by atoms with Crippen LogP contribution in [0.2, 0.25) is 10.0 Å². The smallest absolute Gasteiger partial charge is 0.227 e. The van der Waals surface area contributed by atoms with E-state index in [4.69, 9.17) is 23.2 Å². The number of amides is 1. The van der Waals surface area contributed by atoms with Crippen molar-refractivity contribution in [3.8, 4) is 0 Å². The number of hydrogen-bond acceptors (Lipinski definition) is 1. The fourth-order valence-electron chi connectivity index (χ4n) is 1.50. The topological polar surface area (TPSA) is 29.1 Å². The molecule has 0 radical (unpaired) electrons. The fourth-order valence-corrected chi connectivity index (χ4v) is 1.84. The predicted molar refractivity (Wildman–Crippen MR) is 62.4 cm³/mol. The Morgan fingerprint density at radius 1 is 1.33 bits per heavy atom. The summed E-state index contributed by atoms with van der Waals surface area (Å²) in [6, 6.07) is 5.05. The molecule has 1 aliphatic carbocycles. The quantitative estimate of drug-likeness (QED) is 0.843. The molecule has 0 atom stereocenters. The van der Waals surface area contributed by atoms with Gasteiger partial charge in [-0.2, -0.15) is 0 Å². The number of rotatable bonds is 2. The maximum absolute atomic E-state index is 11.6. The Balaban J connectivity index is 2.09. The van der Waals surface area contributed by atoms with Gasteiger partial charge in [-0.05, 0) is 31.0 Å². The summed E-state index contributed by atoms with van der Waals surface area (Å²) in [5.74, 6) is 0.200. The molecule has 2 rings (SSSR count). The first-order chi connectivity index (χ1) is 7.16. The molecular formula is C11H11Cl2NO. The summed E-state index contributed by atoms with van der Waals surface area (Å²) in [6.45, 7) is 0. The number of carbonyl (C=O) groups is 1.